The van der Waals surface area contributed by atoms with Crippen LogP contribution >= 0.6 is 11.6 Å². The summed E-state index contributed by atoms with van der Waals surface area (Å²) in [6.45, 7) is 1.63. The Balaban J connectivity index is 1.33. The molecule has 0 spiro atoms. The van der Waals surface area contributed by atoms with E-state index in [-0.39, 0.29) is 35.8 Å². The van der Waals surface area contributed by atoms with Crippen LogP contribution in [-0.4, -0.2) is 85.3 Å². The zero-order valence-corrected chi connectivity index (χ0v) is 24.5. The molecule has 1 unspecified atom stereocenters. The lowest BCUT2D eigenvalue weighted by Crippen LogP contribution is -2.57. The van der Waals surface area contributed by atoms with Crippen molar-refractivity contribution in [1.29, 1.82) is 0 Å². The summed E-state index contributed by atoms with van der Waals surface area (Å²) in [6.07, 6.45) is -1.69. The second kappa shape index (κ2) is 12.6. The number of carbonyl (C=O) groups is 2. The maximum Gasteiger partial charge on any atom is 0.430 e. The molecule has 4 rings (SSSR count). The van der Waals surface area contributed by atoms with E-state index in [1.807, 2.05) is 0 Å². The van der Waals surface area contributed by atoms with Crippen molar-refractivity contribution in [3.8, 4) is 5.75 Å². The third-order valence-corrected chi connectivity index (χ3v) is 8.51. The first kappa shape index (κ1) is 31.8. The maximum atomic E-state index is 14.1. The fourth-order valence-corrected chi connectivity index (χ4v) is 6.00. The first-order chi connectivity index (χ1) is 19.7. The number of ether oxygens (including phenoxy) is 1. The Hall–Kier alpha value is -3.12. The lowest BCUT2D eigenvalue weighted by Gasteiger charge is -2.40. The maximum absolute atomic E-state index is 14.1. The lowest BCUT2D eigenvalue weighted by atomic mass is 9.82. The van der Waals surface area contributed by atoms with Crippen molar-refractivity contribution in [2.24, 2.45) is 11.8 Å². The minimum atomic E-state index is -5.37. The Morgan fingerprint density at radius 3 is 2.17 bits per heavy atom. The number of anilines is 1. The van der Waals surface area contributed by atoms with Gasteiger partial charge in [-0.1, -0.05) is 11.6 Å². The lowest BCUT2D eigenvalue weighted by molar-refractivity contribution is -0.262. The predicted molar refractivity (Wildman–Crippen MR) is 149 cm³/mol. The van der Waals surface area contributed by atoms with Gasteiger partial charge in [0.1, 0.15) is 22.5 Å². The molecule has 1 aromatic carbocycles. The molecule has 0 radical (unpaired) electrons. The van der Waals surface area contributed by atoms with E-state index in [0.29, 0.717) is 36.2 Å². The van der Waals surface area contributed by atoms with Crippen LogP contribution < -0.4 is 9.64 Å². The van der Waals surface area contributed by atoms with Crippen molar-refractivity contribution >= 4 is 29.2 Å². The van der Waals surface area contributed by atoms with Crippen LogP contribution in [0.15, 0.2) is 30.3 Å². The second-order valence-electron chi connectivity index (χ2n) is 11.2. The van der Waals surface area contributed by atoms with Crippen molar-refractivity contribution in [3.05, 3.63) is 52.4 Å². The van der Waals surface area contributed by atoms with Gasteiger partial charge < -0.3 is 24.5 Å². The minimum Gasteiger partial charge on any atom is -0.497 e. The van der Waals surface area contributed by atoms with Crippen LogP contribution in [0.5, 0.6) is 5.75 Å². The van der Waals surface area contributed by atoms with E-state index in [4.69, 9.17) is 16.3 Å². The molecule has 2 aromatic rings. The number of benzene rings is 1. The minimum absolute atomic E-state index is 0.0631. The van der Waals surface area contributed by atoms with E-state index in [1.165, 1.54) is 4.90 Å². The molecule has 8 nitrogen and oxygen atoms in total. The standard InChI is InChI=1S/C29H35ClF4N4O4/c1-36(2)26(39)23-4-5-24(35-25(23)30)37-10-6-18(7-11-37)14-19-8-12-38(13-9-19)27(40)28(41,29(32,33)34)20-15-21(31)17-22(16-20)42-3/h4-5,15-19,41H,6-14H2,1-3H3. The molecule has 13 heteroatoms. The Labute approximate surface area is 247 Å². The largest absolute Gasteiger partial charge is 0.497 e. The number of aromatic nitrogens is 1. The molecule has 230 valence electrons. The number of halogens is 5. The zero-order chi connectivity index (χ0) is 30.8. The van der Waals surface area contributed by atoms with Gasteiger partial charge in [-0.15, -0.1) is 0 Å². The number of hydrogen-bond acceptors (Lipinski definition) is 6. The average Bonchev–Trinajstić information content (AvgIpc) is 2.95. The number of rotatable bonds is 7. The molecule has 1 aromatic heterocycles. The summed E-state index contributed by atoms with van der Waals surface area (Å²) in [4.78, 5) is 34.3. The second-order valence-corrected chi connectivity index (χ2v) is 11.6. The molecule has 0 aliphatic carbocycles. The van der Waals surface area contributed by atoms with E-state index in [0.717, 1.165) is 56.5 Å². The van der Waals surface area contributed by atoms with Crippen LogP contribution in [0.2, 0.25) is 5.15 Å². The number of piperidine rings is 2. The summed E-state index contributed by atoms with van der Waals surface area (Å²) in [5.74, 6) is -1.69. The average molecular weight is 615 g/mol. The van der Waals surface area contributed by atoms with Gasteiger partial charge >= 0.3 is 6.18 Å². The molecule has 2 saturated heterocycles. The molecule has 0 bridgehead atoms. The molecule has 3 heterocycles. The predicted octanol–water partition coefficient (Wildman–Crippen LogP) is 4.88. The van der Waals surface area contributed by atoms with Crippen LogP contribution in [0.25, 0.3) is 0 Å². The summed E-state index contributed by atoms with van der Waals surface area (Å²) >= 11 is 6.27. The van der Waals surface area contributed by atoms with E-state index < -0.39 is 29.1 Å². The highest BCUT2D eigenvalue weighted by atomic mass is 35.5. The number of nitrogens with zero attached hydrogens (tertiary/aromatic N) is 4. The normalized spacial score (nSPS) is 18.5. The van der Waals surface area contributed by atoms with Gasteiger partial charge in [0, 0.05) is 51.9 Å². The molecule has 0 saturated carbocycles. The summed E-state index contributed by atoms with van der Waals surface area (Å²) in [5, 5.41) is 10.9. The quantitative estimate of drug-likeness (QED) is 0.354. The van der Waals surface area contributed by atoms with E-state index in [9.17, 15) is 32.3 Å². The number of alkyl halides is 3. The monoisotopic (exact) mass is 614 g/mol. The Morgan fingerprint density at radius 2 is 1.64 bits per heavy atom. The number of aliphatic hydroxyl groups is 1. The molecule has 2 amide bonds. The first-order valence-corrected chi connectivity index (χ1v) is 14.2. The number of methoxy groups -OCH3 is 1. The third-order valence-electron chi connectivity index (χ3n) is 8.22. The number of amides is 2. The highest BCUT2D eigenvalue weighted by molar-refractivity contribution is 6.32. The van der Waals surface area contributed by atoms with Crippen LogP contribution in [0.3, 0.4) is 0 Å². The van der Waals surface area contributed by atoms with Gasteiger partial charge in [0.25, 0.3) is 17.4 Å². The molecular formula is C29H35ClF4N4O4. The number of carbonyl (C=O) groups excluding carboxylic acids is 2. The molecule has 2 aliphatic heterocycles. The fraction of sp³-hybridized carbons (Fsp3) is 0.552. The molecular weight excluding hydrogens is 580 g/mol. The van der Waals surface area contributed by atoms with Crippen molar-refractivity contribution in [1.82, 2.24) is 14.8 Å². The van der Waals surface area contributed by atoms with Crippen molar-refractivity contribution in [3.63, 3.8) is 0 Å². The number of pyridine rings is 1. The summed E-state index contributed by atoms with van der Waals surface area (Å²) < 4.78 is 61.2. The van der Waals surface area contributed by atoms with Crippen molar-refractivity contribution < 1.29 is 37.0 Å². The Bertz CT molecular complexity index is 1290. The number of likely N-dealkylation sites (tertiary alicyclic amines) is 1. The highest BCUT2D eigenvalue weighted by Gasteiger charge is 2.62. The van der Waals surface area contributed by atoms with Crippen molar-refractivity contribution in [2.75, 3.05) is 52.3 Å². The summed E-state index contributed by atoms with van der Waals surface area (Å²) in [6, 6.07) is 5.68. The SMILES string of the molecule is COc1cc(F)cc(C(O)(C(=O)N2CCC(CC3CCN(c4ccc(C(=O)N(C)C)c(Cl)n4)CC3)CC2)C(F)(F)F)c1. The fourth-order valence-electron chi connectivity index (χ4n) is 5.77. The Kier molecular flexibility index (Phi) is 9.56. The topological polar surface area (TPSA) is 86.2 Å². The molecule has 42 heavy (non-hydrogen) atoms. The molecule has 2 aliphatic rings. The van der Waals surface area contributed by atoms with Crippen LogP contribution in [-0.2, 0) is 10.4 Å². The van der Waals surface area contributed by atoms with Crippen LogP contribution in [0.4, 0.5) is 23.4 Å². The van der Waals surface area contributed by atoms with Gasteiger partial charge in [-0.25, -0.2) is 9.37 Å². The van der Waals surface area contributed by atoms with Gasteiger partial charge in [0.2, 0.25) is 0 Å². The smallest absolute Gasteiger partial charge is 0.430 e. The zero-order valence-electron chi connectivity index (χ0n) is 23.8. The van der Waals surface area contributed by atoms with Crippen LogP contribution in [0, 0.1) is 17.7 Å². The molecule has 2 fully saturated rings. The van der Waals surface area contributed by atoms with Gasteiger partial charge in [0.15, 0.2) is 0 Å². The Morgan fingerprint density at radius 1 is 1.05 bits per heavy atom. The van der Waals surface area contributed by atoms with E-state index in [2.05, 4.69) is 9.88 Å². The van der Waals surface area contributed by atoms with Gasteiger partial charge in [-0.05, 0) is 68.2 Å². The van der Waals surface area contributed by atoms with Gasteiger partial charge in [-0.3, -0.25) is 9.59 Å². The third kappa shape index (κ3) is 6.59. The first-order valence-electron chi connectivity index (χ1n) is 13.8. The van der Waals surface area contributed by atoms with E-state index in [1.54, 1.807) is 26.2 Å². The van der Waals surface area contributed by atoms with Crippen molar-refractivity contribution in [2.45, 2.75) is 43.9 Å². The summed E-state index contributed by atoms with van der Waals surface area (Å²) in [7, 11) is 4.44. The number of hydrogen-bond donors (Lipinski definition) is 1. The van der Waals surface area contributed by atoms with Gasteiger partial charge in [-0.2, -0.15) is 13.2 Å². The van der Waals surface area contributed by atoms with E-state index >= 15 is 0 Å². The van der Waals surface area contributed by atoms with Crippen LogP contribution in [0.1, 0.15) is 48.0 Å². The highest BCUT2D eigenvalue weighted by Crippen LogP contribution is 2.43. The van der Waals surface area contributed by atoms with Gasteiger partial charge in [0.05, 0.1) is 12.7 Å². The molecule has 1 atom stereocenters. The summed E-state index contributed by atoms with van der Waals surface area (Å²) in [5.41, 5.74) is -4.47. The molecule has 1 N–H and O–H groups in total.